The Morgan fingerprint density at radius 1 is 1.21 bits per heavy atom. The molecule has 1 amide bonds. The summed E-state index contributed by atoms with van der Waals surface area (Å²) in [6.45, 7) is 2.69. The zero-order valence-corrected chi connectivity index (χ0v) is 16.6. The fourth-order valence-electron chi connectivity index (χ4n) is 2.49. The molecule has 0 bridgehead atoms. The van der Waals surface area contributed by atoms with Crippen molar-refractivity contribution in [2.24, 2.45) is 0 Å². The van der Waals surface area contributed by atoms with Crippen LogP contribution in [0.4, 0.5) is 0 Å². The number of aromatic nitrogens is 5. The second kappa shape index (κ2) is 9.84. The van der Waals surface area contributed by atoms with Crippen molar-refractivity contribution in [2.45, 2.75) is 30.7 Å². The molecule has 3 rings (SSSR count). The number of thioether (sulfide) groups is 1. The van der Waals surface area contributed by atoms with Crippen molar-refractivity contribution in [1.29, 1.82) is 0 Å². The summed E-state index contributed by atoms with van der Waals surface area (Å²) >= 11 is 1.43. The minimum atomic E-state index is -0.224. The standard InChI is InChI=1S/C19H22N6O2S/c1-3-4-10-20-18(26)17-16(13-28-19-21-11-5-12-22-19)25(24-23-17)14-6-8-15(27-2)9-7-14/h5-9,11-12H,3-4,10,13H2,1-2H3,(H,20,26). The second-order valence-electron chi connectivity index (χ2n) is 5.92. The van der Waals surface area contributed by atoms with Gasteiger partial charge in [-0.1, -0.05) is 30.3 Å². The van der Waals surface area contributed by atoms with Crippen LogP contribution in [0.1, 0.15) is 35.9 Å². The van der Waals surface area contributed by atoms with Gasteiger partial charge in [-0.25, -0.2) is 14.6 Å². The zero-order valence-electron chi connectivity index (χ0n) is 15.8. The lowest BCUT2D eigenvalue weighted by Gasteiger charge is -2.09. The second-order valence-corrected chi connectivity index (χ2v) is 6.87. The van der Waals surface area contributed by atoms with E-state index in [0.29, 0.717) is 28.8 Å². The highest BCUT2D eigenvalue weighted by Crippen LogP contribution is 2.23. The molecule has 9 heteroatoms. The molecule has 0 fully saturated rings. The fraction of sp³-hybridized carbons (Fsp3) is 0.316. The Morgan fingerprint density at radius 3 is 2.64 bits per heavy atom. The first-order valence-electron chi connectivity index (χ1n) is 9.00. The summed E-state index contributed by atoms with van der Waals surface area (Å²) < 4.78 is 6.88. The van der Waals surface area contributed by atoms with Crippen LogP contribution in [0.25, 0.3) is 5.69 Å². The van der Waals surface area contributed by atoms with Gasteiger partial charge in [-0.2, -0.15) is 0 Å². The molecule has 0 saturated carbocycles. The number of carbonyl (C=O) groups excluding carboxylic acids is 1. The van der Waals surface area contributed by atoms with Crippen LogP contribution in [0.15, 0.2) is 47.9 Å². The monoisotopic (exact) mass is 398 g/mol. The average molecular weight is 398 g/mol. The molecule has 0 unspecified atom stereocenters. The van der Waals surface area contributed by atoms with Crippen LogP contribution in [0.2, 0.25) is 0 Å². The van der Waals surface area contributed by atoms with Crippen molar-refractivity contribution in [1.82, 2.24) is 30.3 Å². The number of hydrogen-bond acceptors (Lipinski definition) is 7. The van der Waals surface area contributed by atoms with Gasteiger partial charge in [0.2, 0.25) is 0 Å². The molecule has 8 nitrogen and oxygen atoms in total. The summed E-state index contributed by atoms with van der Waals surface area (Å²) in [7, 11) is 1.62. The highest BCUT2D eigenvalue weighted by Gasteiger charge is 2.21. The van der Waals surface area contributed by atoms with E-state index in [0.717, 1.165) is 24.3 Å². The zero-order chi connectivity index (χ0) is 19.8. The van der Waals surface area contributed by atoms with Gasteiger partial charge in [0, 0.05) is 24.7 Å². The maximum Gasteiger partial charge on any atom is 0.273 e. The summed E-state index contributed by atoms with van der Waals surface area (Å²) in [5.74, 6) is 0.979. The minimum Gasteiger partial charge on any atom is -0.497 e. The molecule has 146 valence electrons. The van der Waals surface area contributed by atoms with E-state index in [4.69, 9.17) is 4.74 Å². The van der Waals surface area contributed by atoms with Gasteiger partial charge in [0.05, 0.1) is 18.5 Å². The normalized spacial score (nSPS) is 10.6. The molecule has 0 radical (unpaired) electrons. The summed E-state index contributed by atoms with van der Waals surface area (Å²) in [4.78, 5) is 21.1. The van der Waals surface area contributed by atoms with Gasteiger partial charge >= 0.3 is 0 Å². The molecule has 28 heavy (non-hydrogen) atoms. The Hall–Kier alpha value is -2.94. The molecule has 0 aliphatic carbocycles. The van der Waals surface area contributed by atoms with E-state index < -0.39 is 0 Å². The number of hydrogen-bond donors (Lipinski definition) is 1. The van der Waals surface area contributed by atoms with Crippen molar-refractivity contribution >= 4 is 17.7 Å². The Labute approximate surface area is 167 Å². The van der Waals surface area contributed by atoms with Gasteiger partial charge in [-0.05, 0) is 36.8 Å². The number of rotatable bonds is 9. The fourth-order valence-corrected chi connectivity index (χ4v) is 3.29. The van der Waals surface area contributed by atoms with Crippen molar-refractivity contribution in [2.75, 3.05) is 13.7 Å². The van der Waals surface area contributed by atoms with Gasteiger partial charge < -0.3 is 10.1 Å². The highest BCUT2D eigenvalue weighted by atomic mass is 32.2. The first kappa shape index (κ1) is 19.8. The molecule has 0 saturated heterocycles. The molecule has 1 N–H and O–H groups in total. The average Bonchev–Trinajstić information content (AvgIpc) is 3.17. The molecular formula is C19H22N6O2S. The Balaban J connectivity index is 1.88. The van der Waals surface area contributed by atoms with Crippen LogP contribution in [0.3, 0.4) is 0 Å². The molecule has 1 aromatic carbocycles. The van der Waals surface area contributed by atoms with Crippen LogP contribution < -0.4 is 10.1 Å². The van der Waals surface area contributed by atoms with Gasteiger partial charge in [0.25, 0.3) is 5.91 Å². The lowest BCUT2D eigenvalue weighted by atomic mass is 10.2. The van der Waals surface area contributed by atoms with Gasteiger partial charge in [-0.15, -0.1) is 5.10 Å². The largest absolute Gasteiger partial charge is 0.497 e. The molecule has 0 aliphatic rings. The number of methoxy groups -OCH3 is 1. The maximum absolute atomic E-state index is 12.6. The smallest absolute Gasteiger partial charge is 0.273 e. The summed E-state index contributed by atoms with van der Waals surface area (Å²) in [6, 6.07) is 9.20. The third-order valence-electron chi connectivity index (χ3n) is 3.99. The third kappa shape index (κ3) is 4.86. The SMILES string of the molecule is CCCCNC(=O)c1nnn(-c2ccc(OC)cc2)c1CSc1ncccn1. The first-order chi connectivity index (χ1) is 13.7. The number of carbonyl (C=O) groups is 1. The predicted molar refractivity (Wildman–Crippen MR) is 107 cm³/mol. The van der Waals surface area contributed by atoms with Crippen LogP contribution in [-0.4, -0.2) is 44.5 Å². The first-order valence-corrected chi connectivity index (χ1v) is 9.98. The summed E-state index contributed by atoms with van der Waals surface area (Å²) in [5.41, 5.74) is 1.80. The number of nitrogens with one attached hydrogen (secondary N) is 1. The van der Waals surface area contributed by atoms with Gasteiger partial charge in [0.1, 0.15) is 5.75 Å². The van der Waals surface area contributed by atoms with Crippen LogP contribution in [0.5, 0.6) is 5.75 Å². The van der Waals surface area contributed by atoms with Crippen molar-refractivity contribution in [3.05, 3.63) is 54.1 Å². The molecule has 3 aromatic rings. The number of nitrogens with zero attached hydrogens (tertiary/aromatic N) is 5. The van der Waals surface area contributed by atoms with E-state index in [1.165, 1.54) is 11.8 Å². The molecule has 0 spiro atoms. The van der Waals surface area contributed by atoms with Crippen molar-refractivity contribution < 1.29 is 9.53 Å². The number of benzene rings is 1. The molecule has 0 atom stereocenters. The highest BCUT2D eigenvalue weighted by molar-refractivity contribution is 7.98. The molecular weight excluding hydrogens is 376 g/mol. The van der Waals surface area contributed by atoms with E-state index >= 15 is 0 Å². The van der Waals surface area contributed by atoms with Crippen molar-refractivity contribution in [3.63, 3.8) is 0 Å². The predicted octanol–water partition coefficient (Wildman–Crippen LogP) is 2.89. The summed E-state index contributed by atoms with van der Waals surface area (Å²) in [5, 5.41) is 11.9. The third-order valence-corrected chi connectivity index (χ3v) is 4.88. The number of unbranched alkanes of at least 4 members (excludes halogenated alkanes) is 1. The topological polar surface area (TPSA) is 94.8 Å². The van der Waals surface area contributed by atoms with Crippen LogP contribution >= 0.6 is 11.8 Å². The van der Waals surface area contributed by atoms with E-state index in [1.54, 1.807) is 30.3 Å². The Kier molecular flexibility index (Phi) is 6.96. The van der Waals surface area contributed by atoms with Crippen LogP contribution in [0, 0.1) is 0 Å². The lowest BCUT2D eigenvalue weighted by Crippen LogP contribution is -2.26. The minimum absolute atomic E-state index is 0.224. The Morgan fingerprint density at radius 2 is 1.96 bits per heavy atom. The summed E-state index contributed by atoms with van der Waals surface area (Å²) in [6.07, 6.45) is 5.30. The van der Waals surface area contributed by atoms with Gasteiger partial charge in [0.15, 0.2) is 10.9 Å². The van der Waals surface area contributed by atoms with Crippen molar-refractivity contribution in [3.8, 4) is 11.4 Å². The lowest BCUT2D eigenvalue weighted by molar-refractivity contribution is 0.0947. The van der Waals surface area contributed by atoms with Gasteiger partial charge in [-0.3, -0.25) is 4.79 Å². The molecule has 2 aromatic heterocycles. The van der Waals surface area contributed by atoms with E-state index in [1.807, 2.05) is 24.3 Å². The van der Waals surface area contributed by atoms with E-state index in [-0.39, 0.29) is 5.91 Å². The number of ether oxygens (including phenoxy) is 1. The van der Waals surface area contributed by atoms with Crippen LogP contribution in [-0.2, 0) is 5.75 Å². The Bertz CT molecular complexity index is 899. The molecule has 2 heterocycles. The molecule has 0 aliphatic heterocycles. The maximum atomic E-state index is 12.6. The number of amides is 1. The van der Waals surface area contributed by atoms with E-state index in [2.05, 4.69) is 32.5 Å². The van der Waals surface area contributed by atoms with E-state index in [9.17, 15) is 4.79 Å². The quantitative estimate of drug-likeness (QED) is 0.336.